The standard InChI is InChI=1S/C34H50N4O9/c1-8-29(39)35-13-15-37-27-19-26(22(4)18-28(27)47-34(6,7)32(37)42)30(40)38(21(2)3)25-10-9-14-36(20-25)33(43)46-23(5)45-31(41)24-11-16-44-17-12-24/h18-19,21,23-25H,8-17,20H2,1-7H3,(H,35,39)/t23-,25+/m0/s1. The van der Waals surface area contributed by atoms with Gasteiger partial charge in [0, 0.05) is 64.3 Å². The molecule has 0 radical (unpaired) electrons. The Kier molecular flexibility index (Phi) is 11.8. The fraction of sp³-hybridized carbons (Fsp3) is 0.676. The van der Waals surface area contributed by atoms with Gasteiger partial charge in [-0.25, -0.2) is 4.79 Å². The number of fused-ring (bicyclic) bond motifs is 1. The highest BCUT2D eigenvalue weighted by atomic mass is 16.7. The average molecular weight is 659 g/mol. The summed E-state index contributed by atoms with van der Waals surface area (Å²) in [6.07, 6.45) is 1.18. The highest BCUT2D eigenvalue weighted by Crippen LogP contribution is 2.40. The lowest BCUT2D eigenvalue weighted by atomic mass is 9.97. The molecule has 4 amide bonds. The van der Waals surface area contributed by atoms with Gasteiger partial charge < -0.3 is 39.0 Å². The third-order valence-electron chi connectivity index (χ3n) is 8.87. The molecule has 0 saturated carbocycles. The molecular weight excluding hydrogens is 608 g/mol. The van der Waals surface area contributed by atoms with Crippen molar-refractivity contribution in [1.82, 2.24) is 15.1 Å². The number of aryl methyl sites for hydroxylation is 1. The van der Waals surface area contributed by atoms with Crippen LogP contribution in [0.4, 0.5) is 10.5 Å². The Morgan fingerprint density at radius 1 is 1.09 bits per heavy atom. The van der Waals surface area contributed by atoms with Crippen molar-refractivity contribution in [3.05, 3.63) is 23.3 Å². The number of hydrogen-bond donors (Lipinski definition) is 1. The lowest BCUT2D eigenvalue weighted by molar-refractivity contribution is -0.174. The molecule has 3 aliphatic heterocycles. The number of ether oxygens (including phenoxy) is 4. The summed E-state index contributed by atoms with van der Waals surface area (Å²) < 4.78 is 22.3. The van der Waals surface area contributed by atoms with Gasteiger partial charge in [0.15, 0.2) is 5.60 Å². The van der Waals surface area contributed by atoms with Gasteiger partial charge in [-0.05, 0) is 78.0 Å². The van der Waals surface area contributed by atoms with Crippen LogP contribution in [0.1, 0.15) is 89.6 Å². The number of anilines is 1. The molecule has 1 N–H and O–H groups in total. The van der Waals surface area contributed by atoms with Crippen molar-refractivity contribution in [2.24, 2.45) is 5.92 Å². The van der Waals surface area contributed by atoms with E-state index in [1.165, 1.54) is 6.92 Å². The summed E-state index contributed by atoms with van der Waals surface area (Å²) in [7, 11) is 0. The zero-order chi connectivity index (χ0) is 34.5. The van der Waals surface area contributed by atoms with Crippen molar-refractivity contribution in [2.75, 3.05) is 44.3 Å². The average Bonchev–Trinajstić information content (AvgIpc) is 3.02. The number of carbonyl (C=O) groups is 5. The number of carbonyl (C=O) groups excluding carboxylic acids is 5. The number of benzene rings is 1. The number of nitrogens with zero attached hydrogens (tertiary/aromatic N) is 3. The van der Waals surface area contributed by atoms with E-state index in [9.17, 15) is 24.0 Å². The number of likely N-dealkylation sites (tertiary alicyclic amines) is 1. The number of amides is 4. The van der Waals surface area contributed by atoms with Crippen LogP contribution < -0.4 is 15.0 Å². The molecular formula is C34H50N4O9. The molecule has 0 unspecified atom stereocenters. The van der Waals surface area contributed by atoms with Crippen LogP contribution >= 0.6 is 0 Å². The predicted octanol–water partition coefficient (Wildman–Crippen LogP) is 3.79. The molecule has 1 aromatic carbocycles. The minimum Gasteiger partial charge on any atom is -0.476 e. The number of hydrogen-bond acceptors (Lipinski definition) is 9. The SMILES string of the molecule is CCC(=O)NCCN1C(=O)C(C)(C)Oc2cc(C)c(C(=O)N(C(C)C)[C@@H]3CCCN(C(=O)O[C@@H](C)OC(=O)C4CCOCC4)C3)cc21. The Hall–Kier alpha value is -3.87. The van der Waals surface area contributed by atoms with Gasteiger partial charge in [-0.2, -0.15) is 0 Å². The van der Waals surface area contributed by atoms with Gasteiger partial charge in [-0.3, -0.25) is 19.2 Å². The van der Waals surface area contributed by atoms with Crippen LogP contribution in [0, 0.1) is 12.8 Å². The van der Waals surface area contributed by atoms with Gasteiger partial charge in [0.25, 0.3) is 11.8 Å². The summed E-state index contributed by atoms with van der Waals surface area (Å²) in [6.45, 7) is 14.5. The summed E-state index contributed by atoms with van der Waals surface area (Å²) in [6, 6.07) is 2.98. The molecule has 1 aromatic rings. The van der Waals surface area contributed by atoms with E-state index in [4.69, 9.17) is 18.9 Å². The van der Waals surface area contributed by atoms with E-state index in [1.54, 1.807) is 47.6 Å². The fourth-order valence-corrected chi connectivity index (χ4v) is 6.34. The third-order valence-corrected chi connectivity index (χ3v) is 8.87. The number of nitrogens with one attached hydrogen (secondary N) is 1. The van der Waals surface area contributed by atoms with Crippen LogP contribution in [0.3, 0.4) is 0 Å². The highest BCUT2D eigenvalue weighted by molar-refractivity contribution is 6.05. The van der Waals surface area contributed by atoms with Crippen molar-refractivity contribution in [1.29, 1.82) is 0 Å². The fourth-order valence-electron chi connectivity index (χ4n) is 6.34. The van der Waals surface area contributed by atoms with Crippen LogP contribution in [0.25, 0.3) is 0 Å². The van der Waals surface area contributed by atoms with Crippen molar-refractivity contribution in [3.63, 3.8) is 0 Å². The minimum absolute atomic E-state index is 0.117. The second kappa shape index (κ2) is 15.4. The van der Waals surface area contributed by atoms with E-state index in [0.717, 1.165) is 0 Å². The Labute approximate surface area is 277 Å². The molecule has 13 heteroatoms. The monoisotopic (exact) mass is 658 g/mol. The highest BCUT2D eigenvalue weighted by Gasteiger charge is 2.42. The second-order valence-corrected chi connectivity index (χ2v) is 13.2. The number of esters is 1. The molecule has 260 valence electrons. The molecule has 4 rings (SSSR count). The maximum atomic E-state index is 14.3. The molecule has 47 heavy (non-hydrogen) atoms. The molecule has 0 bridgehead atoms. The van der Waals surface area contributed by atoms with E-state index in [0.29, 0.717) is 74.4 Å². The van der Waals surface area contributed by atoms with Gasteiger partial charge in [-0.1, -0.05) is 6.92 Å². The zero-order valence-electron chi connectivity index (χ0n) is 28.8. The summed E-state index contributed by atoms with van der Waals surface area (Å²) in [4.78, 5) is 70.1. The summed E-state index contributed by atoms with van der Waals surface area (Å²) in [5.74, 6) is -0.800. The second-order valence-electron chi connectivity index (χ2n) is 13.2. The first kappa shape index (κ1) is 36.0. The molecule has 3 heterocycles. The maximum absolute atomic E-state index is 14.3. The topological polar surface area (TPSA) is 144 Å². The van der Waals surface area contributed by atoms with Crippen LogP contribution in [-0.4, -0.2) is 103 Å². The first-order valence-corrected chi connectivity index (χ1v) is 16.7. The van der Waals surface area contributed by atoms with Crippen molar-refractivity contribution >= 4 is 35.5 Å². The number of rotatable bonds is 10. The van der Waals surface area contributed by atoms with Crippen molar-refractivity contribution in [2.45, 2.75) is 105 Å². The van der Waals surface area contributed by atoms with Crippen molar-refractivity contribution < 1.29 is 42.9 Å². The van der Waals surface area contributed by atoms with Crippen LogP contribution in [0.15, 0.2) is 12.1 Å². The van der Waals surface area contributed by atoms with Crippen LogP contribution in [0.2, 0.25) is 0 Å². The number of piperidine rings is 1. The van der Waals surface area contributed by atoms with Gasteiger partial charge >= 0.3 is 12.1 Å². The molecule has 2 fully saturated rings. The molecule has 2 saturated heterocycles. The summed E-state index contributed by atoms with van der Waals surface area (Å²) in [5, 5.41) is 2.81. The Balaban J connectivity index is 1.49. The quantitative estimate of drug-likeness (QED) is 0.293. The predicted molar refractivity (Wildman–Crippen MR) is 173 cm³/mol. The van der Waals surface area contributed by atoms with Gasteiger partial charge in [0.2, 0.25) is 12.2 Å². The Morgan fingerprint density at radius 3 is 2.45 bits per heavy atom. The van der Waals surface area contributed by atoms with Crippen LogP contribution in [-0.2, 0) is 28.6 Å². The Bertz CT molecular complexity index is 1340. The van der Waals surface area contributed by atoms with E-state index < -0.39 is 24.0 Å². The van der Waals surface area contributed by atoms with E-state index in [-0.39, 0.29) is 55.4 Å². The molecule has 0 aliphatic carbocycles. The Morgan fingerprint density at radius 2 is 1.79 bits per heavy atom. The molecule has 13 nitrogen and oxygen atoms in total. The first-order valence-electron chi connectivity index (χ1n) is 16.7. The van der Waals surface area contributed by atoms with Crippen LogP contribution in [0.5, 0.6) is 5.75 Å². The molecule has 0 aromatic heterocycles. The maximum Gasteiger partial charge on any atom is 0.412 e. The lowest BCUT2D eigenvalue weighted by Crippen LogP contribution is -2.55. The first-order chi connectivity index (χ1) is 22.2. The smallest absolute Gasteiger partial charge is 0.412 e. The normalized spacial score (nSPS) is 20.2. The lowest BCUT2D eigenvalue weighted by Gasteiger charge is -2.42. The molecule has 3 aliphatic rings. The van der Waals surface area contributed by atoms with E-state index in [2.05, 4.69) is 5.32 Å². The summed E-state index contributed by atoms with van der Waals surface area (Å²) in [5.41, 5.74) is 0.459. The third kappa shape index (κ3) is 8.54. The van der Waals surface area contributed by atoms with Gasteiger partial charge in [-0.15, -0.1) is 0 Å². The molecule has 0 spiro atoms. The van der Waals surface area contributed by atoms with Gasteiger partial charge in [0.1, 0.15) is 5.75 Å². The van der Waals surface area contributed by atoms with E-state index in [1.807, 2.05) is 20.8 Å². The largest absolute Gasteiger partial charge is 0.476 e. The summed E-state index contributed by atoms with van der Waals surface area (Å²) >= 11 is 0. The van der Waals surface area contributed by atoms with Crippen molar-refractivity contribution in [3.8, 4) is 5.75 Å². The van der Waals surface area contributed by atoms with Gasteiger partial charge in [0.05, 0.1) is 17.6 Å². The minimum atomic E-state index is -1.12. The zero-order valence-corrected chi connectivity index (χ0v) is 28.8. The molecule has 2 atom stereocenters. The van der Waals surface area contributed by atoms with E-state index >= 15 is 0 Å².